The molecule has 0 aromatic heterocycles. The van der Waals surface area contributed by atoms with Crippen LogP contribution in [0.5, 0.6) is 5.75 Å². The van der Waals surface area contributed by atoms with Crippen LogP contribution in [0.3, 0.4) is 0 Å². The quantitative estimate of drug-likeness (QED) is 0.422. The van der Waals surface area contributed by atoms with Gasteiger partial charge in [-0.3, -0.25) is 0 Å². The number of aryl methyl sites for hydroxylation is 1. The normalized spacial score (nSPS) is 24.5. The van der Waals surface area contributed by atoms with Crippen LogP contribution < -0.4 is 0 Å². The summed E-state index contributed by atoms with van der Waals surface area (Å²) in [4.78, 5) is 1.31. The zero-order valence-corrected chi connectivity index (χ0v) is 17.1. The second kappa shape index (κ2) is 9.17. The highest BCUT2D eigenvalue weighted by molar-refractivity contribution is 7.98. The Hall–Kier alpha value is -0.630. The lowest BCUT2D eigenvalue weighted by Crippen LogP contribution is -2.26. The second-order valence-corrected chi connectivity index (χ2v) is 8.97. The third kappa shape index (κ3) is 4.71. The largest absolute Gasteiger partial charge is 0.508 e. The van der Waals surface area contributed by atoms with Gasteiger partial charge in [0.15, 0.2) is 0 Å². The van der Waals surface area contributed by atoms with Gasteiger partial charge in [0.2, 0.25) is 0 Å². The number of unbranched alkanes of at least 4 members (excludes halogenated alkanes) is 2. The van der Waals surface area contributed by atoms with E-state index in [-0.39, 0.29) is 0 Å². The SMILES string of the molecule is CCCCCc1cc(O)c([C@@H]2C[C@H](C)CC[C@H]2C(C)C)c(SC)c1. The van der Waals surface area contributed by atoms with Crippen molar-refractivity contribution in [3.63, 3.8) is 0 Å². The maximum Gasteiger partial charge on any atom is 0.120 e. The third-order valence-corrected chi connectivity index (χ3v) is 6.64. The second-order valence-electron chi connectivity index (χ2n) is 8.12. The Morgan fingerprint density at radius 2 is 1.96 bits per heavy atom. The lowest BCUT2D eigenvalue weighted by Gasteiger charge is -2.38. The molecule has 0 spiro atoms. The summed E-state index contributed by atoms with van der Waals surface area (Å²) in [7, 11) is 0. The van der Waals surface area contributed by atoms with Crippen LogP contribution in [-0.4, -0.2) is 11.4 Å². The van der Waals surface area contributed by atoms with Crippen LogP contribution in [0, 0.1) is 17.8 Å². The lowest BCUT2D eigenvalue weighted by atomic mass is 9.67. The van der Waals surface area contributed by atoms with E-state index in [4.69, 9.17) is 0 Å². The molecule has 3 atom stereocenters. The van der Waals surface area contributed by atoms with E-state index in [2.05, 4.69) is 46.1 Å². The minimum absolute atomic E-state index is 0.515. The van der Waals surface area contributed by atoms with Gasteiger partial charge in [0.05, 0.1) is 0 Å². The summed E-state index contributed by atoms with van der Waals surface area (Å²) < 4.78 is 0. The van der Waals surface area contributed by atoms with E-state index in [1.54, 1.807) is 0 Å². The molecule has 24 heavy (non-hydrogen) atoms. The van der Waals surface area contributed by atoms with Gasteiger partial charge in [-0.2, -0.15) is 0 Å². The summed E-state index contributed by atoms with van der Waals surface area (Å²) >= 11 is 1.81. The molecule has 0 heterocycles. The first-order chi connectivity index (χ1) is 11.5. The van der Waals surface area contributed by atoms with Gasteiger partial charge in [-0.05, 0) is 73.3 Å². The minimum atomic E-state index is 0.515. The first kappa shape index (κ1) is 19.7. The van der Waals surface area contributed by atoms with Crippen molar-refractivity contribution in [2.45, 2.75) is 83.5 Å². The van der Waals surface area contributed by atoms with E-state index >= 15 is 0 Å². The Bertz CT molecular complexity index is 523. The molecule has 1 nitrogen and oxygen atoms in total. The number of hydrogen-bond donors (Lipinski definition) is 1. The van der Waals surface area contributed by atoms with Crippen LogP contribution in [0.1, 0.15) is 83.3 Å². The number of aromatic hydroxyl groups is 1. The maximum absolute atomic E-state index is 10.9. The van der Waals surface area contributed by atoms with E-state index in [1.165, 1.54) is 54.5 Å². The molecule has 0 saturated heterocycles. The van der Waals surface area contributed by atoms with Crippen LogP contribution in [-0.2, 0) is 6.42 Å². The number of phenolic OH excluding ortho intramolecular Hbond substituents is 1. The number of hydrogen-bond acceptors (Lipinski definition) is 2. The fourth-order valence-electron chi connectivity index (χ4n) is 4.47. The molecule has 1 aliphatic carbocycles. The van der Waals surface area contributed by atoms with E-state index < -0.39 is 0 Å². The molecule has 136 valence electrons. The monoisotopic (exact) mass is 348 g/mol. The first-order valence-electron chi connectivity index (χ1n) is 9.87. The van der Waals surface area contributed by atoms with Gasteiger partial charge in [0, 0.05) is 10.5 Å². The summed E-state index contributed by atoms with van der Waals surface area (Å²) in [6.45, 7) is 9.31. The lowest BCUT2D eigenvalue weighted by molar-refractivity contribution is 0.193. The summed E-state index contributed by atoms with van der Waals surface area (Å²) in [5.41, 5.74) is 2.55. The predicted molar refractivity (Wildman–Crippen MR) is 107 cm³/mol. The van der Waals surface area contributed by atoms with Gasteiger partial charge in [0.25, 0.3) is 0 Å². The van der Waals surface area contributed by atoms with Gasteiger partial charge < -0.3 is 5.11 Å². The number of phenols is 1. The van der Waals surface area contributed by atoms with Gasteiger partial charge in [-0.25, -0.2) is 0 Å². The topological polar surface area (TPSA) is 20.2 Å². The molecule has 2 heteroatoms. The van der Waals surface area contributed by atoms with E-state index in [9.17, 15) is 5.11 Å². The van der Waals surface area contributed by atoms with E-state index in [0.717, 1.165) is 12.3 Å². The number of benzene rings is 1. The molecule has 0 amide bonds. The van der Waals surface area contributed by atoms with Crippen LogP contribution >= 0.6 is 11.8 Å². The Kier molecular flexibility index (Phi) is 7.53. The highest BCUT2D eigenvalue weighted by atomic mass is 32.2. The molecule has 1 aliphatic rings. The average molecular weight is 349 g/mol. The van der Waals surface area contributed by atoms with Crippen molar-refractivity contribution >= 4 is 11.8 Å². The molecular weight excluding hydrogens is 312 g/mol. The van der Waals surface area contributed by atoms with Crippen molar-refractivity contribution in [3.8, 4) is 5.75 Å². The number of thioether (sulfide) groups is 1. The van der Waals surface area contributed by atoms with Crippen molar-refractivity contribution in [2.24, 2.45) is 17.8 Å². The molecule has 0 bridgehead atoms. The highest BCUT2D eigenvalue weighted by Gasteiger charge is 2.34. The van der Waals surface area contributed by atoms with Gasteiger partial charge in [-0.1, -0.05) is 47.0 Å². The zero-order valence-electron chi connectivity index (χ0n) is 16.3. The van der Waals surface area contributed by atoms with Gasteiger partial charge in [0.1, 0.15) is 5.75 Å². The molecule has 0 unspecified atom stereocenters. The molecule has 1 saturated carbocycles. The van der Waals surface area contributed by atoms with E-state index in [1.807, 2.05) is 11.8 Å². The van der Waals surface area contributed by atoms with Crippen molar-refractivity contribution in [3.05, 3.63) is 23.3 Å². The Balaban J connectivity index is 2.33. The molecule has 1 aromatic carbocycles. The fraction of sp³-hybridized carbons (Fsp3) is 0.727. The molecular formula is C22H36OS. The van der Waals surface area contributed by atoms with Crippen LogP contribution in [0.2, 0.25) is 0 Å². The summed E-state index contributed by atoms with van der Waals surface area (Å²) in [5.74, 6) is 3.21. The Morgan fingerprint density at radius 1 is 1.21 bits per heavy atom. The molecule has 2 rings (SSSR count). The fourth-order valence-corrected chi connectivity index (χ4v) is 5.21. The van der Waals surface area contributed by atoms with E-state index in [0.29, 0.717) is 23.5 Å². The Morgan fingerprint density at radius 3 is 2.58 bits per heavy atom. The van der Waals surface area contributed by atoms with Crippen molar-refractivity contribution in [1.82, 2.24) is 0 Å². The molecule has 0 aliphatic heterocycles. The molecule has 1 aromatic rings. The van der Waals surface area contributed by atoms with Crippen LogP contribution in [0.25, 0.3) is 0 Å². The highest BCUT2D eigenvalue weighted by Crippen LogP contribution is 2.49. The van der Waals surface area contributed by atoms with Crippen LogP contribution in [0.4, 0.5) is 0 Å². The van der Waals surface area contributed by atoms with Crippen LogP contribution in [0.15, 0.2) is 17.0 Å². The maximum atomic E-state index is 10.9. The average Bonchev–Trinajstić information content (AvgIpc) is 2.54. The third-order valence-electron chi connectivity index (χ3n) is 5.86. The smallest absolute Gasteiger partial charge is 0.120 e. The van der Waals surface area contributed by atoms with Crippen molar-refractivity contribution in [2.75, 3.05) is 6.26 Å². The minimum Gasteiger partial charge on any atom is -0.508 e. The Labute approximate surface area is 153 Å². The zero-order chi connectivity index (χ0) is 17.7. The van der Waals surface area contributed by atoms with Gasteiger partial charge >= 0.3 is 0 Å². The molecule has 0 radical (unpaired) electrons. The van der Waals surface area contributed by atoms with Crippen molar-refractivity contribution in [1.29, 1.82) is 0 Å². The molecule has 1 fully saturated rings. The molecule has 1 N–H and O–H groups in total. The van der Waals surface area contributed by atoms with Gasteiger partial charge in [-0.15, -0.1) is 11.8 Å². The number of rotatable bonds is 7. The summed E-state index contributed by atoms with van der Waals surface area (Å²) in [6, 6.07) is 4.41. The summed E-state index contributed by atoms with van der Waals surface area (Å²) in [5, 5.41) is 10.9. The first-order valence-corrected chi connectivity index (χ1v) is 11.1. The standard InChI is InChI=1S/C22H36OS/c1-6-7-8-9-17-13-20(23)22(21(14-17)24-5)19-12-16(4)10-11-18(19)15(2)3/h13-16,18-19,23H,6-12H2,1-5H3/t16-,18+,19-/m1/s1. The predicted octanol–water partition coefficient (Wildman–Crippen LogP) is 7.02. The van der Waals surface area contributed by atoms with Crippen molar-refractivity contribution < 1.29 is 5.11 Å². The summed E-state index contributed by atoms with van der Waals surface area (Å²) in [6.07, 6.45) is 10.8.